The number of phosphoric acid groups is 2. The van der Waals surface area contributed by atoms with Crippen LogP contribution in [0, 0.1) is 5.92 Å². The molecule has 101 heavy (non-hydrogen) atoms. The van der Waals surface area contributed by atoms with Gasteiger partial charge in [-0.05, 0) is 31.6 Å². The Morgan fingerprint density at radius 3 is 0.703 bits per heavy atom. The quantitative estimate of drug-likeness (QED) is 0.0222. The molecule has 0 aliphatic heterocycles. The number of aliphatic hydroxyl groups is 1. The lowest BCUT2D eigenvalue weighted by Crippen LogP contribution is -2.30. The summed E-state index contributed by atoms with van der Waals surface area (Å²) in [4.78, 5) is 72.7. The molecule has 3 N–H and O–H groups in total. The number of hydrogen-bond donors (Lipinski definition) is 3. The number of rotatable bonds is 82. The first-order valence-corrected chi connectivity index (χ1v) is 45.7. The van der Waals surface area contributed by atoms with Crippen LogP contribution in [-0.2, 0) is 65.4 Å². The van der Waals surface area contributed by atoms with E-state index in [1.807, 2.05) is 0 Å². The van der Waals surface area contributed by atoms with Crippen LogP contribution in [0.4, 0.5) is 0 Å². The number of ether oxygens (including phenoxy) is 4. The molecule has 0 saturated heterocycles. The van der Waals surface area contributed by atoms with Gasteiger partial charge in [-0.2, -0.15) is 0 Å². The Bertz CT molecular complexity index is 1930. The highest BCUT2D eigenvalue weighted by molar-refractivity contribution is 7.47. The van der Waals surface area contributed by atoms with Crippen molar-refractivity contribution in [2.24, 2.45) is 5.92 Å². The van der Waals surface area contributed by atoms with Gasteiger partial charge in [0, 0.05) is 25.7 Å². The minimum atomic E-state index is -4.96. The molecular formula is C82H160O17P2. The molecule has 600 valence electrons. The predicted octanol–water partition coefficient (Wildman–Crippen LogP) is 24.8. The molecule has 0 radical (unpaired) electrons. The average molecular weight is 1480 g/mol. The van der Waals surface area contributed by atoms with Gasteiger partial charge in [0.25, 0.3) is 0 Å². The number of carbonyl (C=O) groups is 4. The number of phosphoric ester groups is 2. The van der Waals surface area contributed by atoms with Crippen molar-refractivity contribution in [3.05, 3.63) is 0 Å². The molecule has 0 spiro atoms. The topological polar surface area (TPSA) is 237 Å². The summed E-state index contributed by atoms with van der Waals surface area (Å²) in [6, 6.07) is 0. The van der Waals surface area contributed by atoms with E-state index in [1.54, 1.807) is 0 Å². The van der Waals surface area contributed by atoms with Crippen LogP contribution in [0.15, 0.2) is 0 Å². The van der Waals surface area contributed by atoms with Gasteiger partial charge in [0.1, 0.15) is 19.3 Å². The van der Waals surface area contributed by atoms with Crippen LogP contribution < -0.4 is 0 Å². The Kier molecular flexibility index (Phi) is 73.5. The minimum absolute atomic E-state index is 0.107. The van der Waals surface area contributed by atoms with Gasteiger partial charge in [0.2, 0.25) is 0 Å². The largest absolute Gasteiger partial charge is 0.472 e. The van der Waals surface area contributed by atoms with Gasteiger partial charge < -0.3 is 33.8 Å². The maximum atomic E-state index is 13.1. The Morgan fingerprint density at radius 1 is 0.277 bits per heavy atom. The van der Waals surface area contributed by atoms with E-state index in [4.69, 9.17) is 37.0 Å². The van der Waals surface area contributed by atoms with Crippen molar-refractivity contribution in [3.63, 3.8) is 0 Å². The number of hydrogen-bond acceptors (Lipinski definition) is 15. The second-order valence-electron chi connectivity index (χ2n) is 29.8. The van der Waals surface area contributed by atoms with Gasteiger partial charge in [0.05, 0.1) is 26.4 Å². The van der Waals surface area contributed by atoms with E-state index in [9.17, 15) is 43.2 Å². The molecule has 0 aliphatic rings. The molecule has 19 heteroatoms. The molecule has 0 rings (SSSR count). The summed E-state index contributed by atoms with van der Waals surface area (Å²) in [5.74, 6) is -1.25. The average Bonchev–Trinajstić information content (AvgIpc) is 1.01. The van der Waals surface area contributed by atoms with Gasteiger partial charge >= 0.3 is 39.5 Å². The summed E-state index contributed by atoms with van der Waals surface area (Å²) in [6.07, 6.45) is 67.1. The Morgan fingerprint density at radius 2 is 0.475 bits per heavy atom. The maximum Gasteiger partial charge on any atom is 0.472 e. The molecule has 0 bridgehead atoms. The van der Waals surface area contributed by atoms with Gasteiger partial charge in [0.15, 0.2) is 12.2 Å². The third-order valence-corrected chi connectivity index (χ3v) is 21.5. The summed E-state index contributed by atoms with van der Waals surface area (Å²) in [5.41, 5.74) is 0. The molecule has 0 aromatic carbocycles. The Hall–Kier alpha value is -1.94. The molecule has 0 saturated carbocycles. The van der Waals surface area contributed by atoms with Gasteiger partial charge in [-0.3, -0.25) is 37.3 Å². The summed E-state index contributed by atoms with van der Waals surface area (Å²) in [6.45, 7) is 7.31. The monoisotopic (exact) mass is 1480 g/mol. The van der Waals surface area contributed by atoms with Crippen LogP contribution in [0.2, 0.25) is 0 Å². The molecular weight excluding hydrogens is 1320 g/mol. The lowest BCUT2D eigenvalue weighted by Gasteiger charge is -2.21. The molecule has 0 aromatic heterocycles. The zero-order valence-electron chi connectivity index (χ0n) is 66.1. The molecule has 0 aromatic rings. The predicted molar refractivity (Wildman–Crippen MR) is 414 cm³/mol. The van der Waals surface area contributed by atoms with Crippen LogP contribution >= 0.6 is 15.6 Å². The Labute approximate surface area is 619 Å². The molecule has 0 heterocycles. The van der Waals surface area contributed by atoms with Crippen LogP contribution in [0.1, 0.15) is 439 Å². The fourth-order valence-corrected chi connectivity index (χ4v) is 14.3. The lowest BCUT2D eigenvalue weighted by atomic mass is 9.99. The van der Waals surface area contributed by atoms with E-state index in [1.165, 1.54) is 257 Å². The van der Waals surface area contributed by atoms with E-state index in [2.05, 4.69) is 34.6 Å². The summed E-state index contributed by atoms with van der Waals surface area (Å²) < 4.78 is 68.5. The number of esters is 4. The highest BCUT2D eigenvalue weighted by Crippen LogP contribution is 2.45. The fraction of sp³-hybridized carbons (Fsp3) is 0.951. The van der Waals surface area contributed by atoms with E-state index in [-0.39, 0.29) is 25.7 Å². The van der Waals surface area contributed by atoms with Crippen molar-refractivity contribution in [2.45, 2.75) is 457 Å². The van der Waals surface area contributed by atoms with Crippen molar-refractivity contribution in [1.29, 1.82) is 0 Å². The van der Waals surface area contributed by atoms with Gasteiger partial charge in [-0.1, -0.05) is 388 Å². The summed E-state index contributed by atoms with van der Waals surface area (Å²) in [5, 5.41) is 10.6. The number of aliphatic hydroxyl groups excluding tert-OH is 1. The highest BCUT2D eigenvalue weighted by Gasteiger charge is 2.30. The first kappa shape index (κ1) is 99.1. The van der Waals surface area contributed by atoms with Gasteiger partial charge in [-0.25, -0.2) is 9.13 Å². The van der Waals surface area contributed by atoms with Gasteiger partial charge in [-0.15, -0.1) is 0 Å². The van der Waals surface area contributed by atoms with Crippen molar-refractivity contribution in [2.75, 3.05) is 39.6 Å². The molecule has 17 nitrogen and oxygen atoms in total. The standard InChI is InChI=1S/C82H160O17P2/c1-6-10-13-16-18-20-22-24-26-27-28-29-33-36-40-43-47-51-56-61-66-80(85)93-72-78(99-82(87)68-63-58-53-49-45-41-37-34-31-30-32-35-38-42-46-50-55-59-64-75(5)9-4)74-97-101(90,91)95-70-76(83)69-94-100(88,89)96-73-77(71-92-79(84)65-60-54-15-12-8-3)98-81(86)67-62-57-52-48-44-39-25-23-21-19-17-14-11-7-2/h75-78,83H,6-74H2,1-5H3,(H,88,89)(H,90,91)/t75?,76-,77+,78+/m0/s1. The second-order valence-corrected chi connectivity index (χ2v) is 32.7. The summed E-state index contributed by atoms with van der Waals surface area (Å²) in [7, 11) is -9.91. The summed E-state index contributed by atoms with van der Waals surface area (Å²) >= 11 is 0. The number of carbonyl (C=O) groups excluding carboxylic acids is 4. The highest BCUT2D eigenvalue weighted by atomic mass is 31.2. The van der Waals surface area contributed by atoms with Crippen molar-refractivity contribution >= 4 is 39.5 Å². The minimum Gasteiger partial charge on any atom is -0.462 e. The third-order valence-electron chi connectivity index (χ3n) is 19.6. The molecule has 6 atom stereocenters. The fourth-order valence-electron chi connectivity index (χ4n) is 12.7. The van der Waals surface area contributed by atoms with Crippen LogP contribution in [0.3, 0.4) is 0 Å². The SMILES string of the molecule is CCCCCCCCCCCCCCCCCCCCCCC(=O)OC[C@H](COP(=O)(O)OC[C@@H](O)COP(=O)(O)OC[C@@H](COC(=O)CCCCCCC)OC(=O)CCCCCCCCCCCCCCCC)OC(=O)CCCCCCCCCCCCCCCCCCCCC(C)CC. The molecule has 3 unspecified atom stereocenters. The van der Waals surface area contributed by atoms with Crippen molar-refractivity contribution in [3.8, 4) is 0 Å². The second kappa shape index (κ2) is 74.9. The maximum absolute atomic E-state index is 13.1. The molecule has 0 aliphatic carbocycles. The smallest absolute Gasteiger partial charge is 0.462 e. The normalized spacial score (nSPS) is 14.1. The van der Waals surface area contributed by atoms with E-state index < -0.39 is 97.5 Å². The first-order valence-electron chi connectivity index (χ1n) is 42.7. The molecule has 0 fully saturated rings. The van der Waals surface area contributed by atoms with Crippen molar-refractivity contribution < 1.29 is 80.2 Å². The zero-order chi connectivity index (χ0) is 74.1. The number of unbranched alkanes of at least 4 members (excludes halogenated alkanes) is 53. The van der Waals surface area contributed by atoms with Crippen molar-refractivity contribution in [1.82, 2.24) is 0 Å². The molecule has 0 amide bonds. The third kappa shape index (κ3) is 74.7. The van der Waals surface area contributed by atoms with Crippen LogP contribution in [0.25, 0.3) is 0 Å². The van der Waals surface area contributed by atoms with Crippen LogP contribution in [0.5, 0.6) is 0 Å². The van der Waals surface area contributed by atoms with E-state index in [0.717, 1.165) is 102 Å². The van der Waals surface area contributed by atoms with E-state index >= 15 is 0 Å². The lowest BCUT2D eigenvalue weighted by molar-refractivity contribution is -0.161. The van der Waals surface area contributed by atoms with Crippen LogP contribution in [-0.4, -0.2) is 96.7 Å². The first-order chi connectivity index (χ1) is 49.1. The zero-order valence-corrected chi connectivity index (χ0v) is 67.8. The van der Waals surface area contributed by atoms with E-state index in [0.29, 0.717) is 25.7 Å². The Balaban J connectivity index is 5.11.